The molecule has 4 aromatic rings. The molecule has 1 saturated heterocycles. The number of hydrogen-bond donors (Lipinski definition) is 0. The lowest BCUT2D eigenvalue weighted by molar-refractivity contribution is 0.0791. The van der Waals surface area contributed by atoms with Gasteiger partial charge in [-0.25, -0.2) is 4.98 Å². The lowest BCUT2D eigenvalue weighted by Gasteiger charge is -2.29. The van der Waals surface area contributed by atoms with E-state index < -0.39 is 0 Å². The Labute approximate surface area is 186 Å². The third-order valence-corrected chi connectivity index (χ3v) is 6.93. The Kier molecular flexibility index (Phi) is 4.71. The number of nitrogens with zero attached hydrogens (tertiary/aromatic N) is 5. The molecule has 1 unspecified atom stereocenters. The first-order valence-electron chi connectivity index (χ1n) is 11.4. The molecule has 0 radical (unpaired) electrons. The molecule has 6 heteroatoms. The zero-order valence-corrected chi connectivity index (χ0v) is 17.9. The molecule has 1 atom stereocenters. The van der Waals surface area contributed by atoms with Crippen LogP contribution in [0.5, 0.6) is 0 Å². The van der Waals surface area contributed by atoms with Crippen LogP contribution in [-0.2, 0) is 0 Å². The van der Waals surface area contributed by atoms with Crippen LogP contribution in [0.25, 0.3) is 22.4 Å². The molecular formula is C26H25N5O. The quantitative estimate of drug-likeness (QED) is 0.471. The molecule has 2 aliphatic rings. The molecule has 6 rings (SSSR count). The molecule has 0 N–H and O–H groups in total. The van der Waals surface area contributed by atoms with Gasteiger partial charge in [0.1, 0.15) is 5.82 Å². The topological polar surface area (TPSA) is 63.9 Å². The van der Waals surface area contributed by atoms with Gasteiger partial charge in [0.05, 0.1) is 11.0 Å². The predicted molar refractivity (Wildman–Crippen MR) is 123 cm³/mol. The summed E-state index contributed by atoms with van der Waals surface area (Å²) in [5, 5.41) is 0. The van der Waals surface area contributed by atoms with E-state index in [0.29, 0.717) is 17.5 Å². The van der Waals surface area contributed by atoms with Crippen LogP contribution in [0.3, 0.4) is 0 Å². The van der Waals surface area contributed by atoms with Gasteiger partial charge in [0.25, 0.3) is 5.91 Å². The largest absolute Gasteiger partial charge is 0.338 e. The Balaban J connectivity index is 1.32. The minimum Gasteiger partial charge on any atom is -0.338 e. The lowest BCUT2D eigenvalue weighted by Crippen LogP contribution is -2.28. The van der Waals surface area contributed by atoms with E-state index in [9.17, 15) is 4.79 Å². The molecule has 1 amide bonds. The van der Waals surface area contributed by atoms with Crippen molar-refractivity contribution >= 4 is 16.9 Å². The van der Waals surface area contributed by atoms with E-state index >= 15 is 0 Å². The van der Waals surface area contributed by atoms with Crippen molar-refractivity contribution in [3.63, 3.8) is 0 Å². The van der Waals surface area contributed by atoms with Crippen LogP contribution in [0.1, 0.15) is 53.6 Å². The van der Waals surface area contributed by atoms with Crippen molar-refractivity contribution in [3.05, 3.63) is 78.4 Å². The van der Waals surface area contributed by atoms with E-state index in [1.165, 1.54) is 24.8 Å². The van der Waals surface area contributed by atoms with Gasteiger partial charge in [-0.1, -0.05) is 6.07 Å². The smallest absolute Gasteiger partial charge is 0.253 e. The number of amides is 1. The van der Waals surface area contributed by atoms with Crippen molar-refractivity contribution in [2.24, 2.45) is 0 Å². The van der Waals surface area contributed by atoms with Gasteiger partial charge in [0, 0.05) is 61.0 Å². The van der Waals surface area contributed by atoms with E-state index in [1.807, 2.05) is 41.6 Å². The normalized spacial score (nSPS) is 18.8. The van der Waals surface area contributed by atoms with E-state index in [0.717, 1.165) is 41.9 Å². The summed E-state index contributed by atoms with van der Waals surface area (Å²) in [7, 11) is 0. The number of benzene rings is 1. The number of hydrogen-bond acceptors (Lipinski definition) is 4. The van der Waals surface area contributed by atoms with Crippen LogP contribution in [0.15, 0.2) is 67.3 Å². The number of likely N-dealkylation sites (tertiary alicyclic amines) is 1. The van der Waals surface area contributed by atoms with E-state index in [1.54, 1.807) is 12.4 Å². The Morgan fingerprint density at radius 2 is 1.81 bits per heavy atom. The number of rotatable bonds is 4. The molecule has 160 valence electrons. The second-order valence-electron chi connectivity index (χ2n) is 8.86. The van der Waals surface area contributed by atoms with Crippen LogP contribution in [0, 0.1) is 0 Å². The highest BCUT2D eigenvalue weighted by molar-refractivity contribution is 5.98. The van der Waals surface area contributed by atoms with Crippen LogP contribution >= 0.6 is 0 Å². The zero-order chi connectivity index (χ0) is 21.5. The second-order valence-corrected chi connectivity index (χ2v) is 8.86. The predicted octanol–water partition coefficient (Wildman–Crippen LogP) is 4.85. The zero-order valence-electron chi connectivity index (χ0n) is 17.9. The van der Waals surface area contributed by atoms with E-state index in [4.69, 9.17) is 4.98 Å². The van der Waals surface area contributed by atoms with Gasteiger partial charge in [-0.15, -0.1) is 0 Å². The number of carbonyl (C=O) groups is 1. The second kappa shape index (κ2) is 7.86. The van der Waals surface area contributed by atoms with Crippen molar-refractivity contribution in [2.75, 3.05) is 13.1 Å². The Morgan fingerprint density at radius 1 is 0.969 bits per heavy atom. The highest BCUT2D eigenvalue weighted by Gasteiger charge is 2.29. The van der Waals surface area contributed by atoms with Gasteiger partial charge in [0.15, 0.2) is 0 Å². The Bertz CT molecular complexity index is 1260. The highest BCUT2D eigenvalue weighted by Crippen LogP contribution is 2.38. The minimum atomic E-state index is 0.0828. The van der Waals surface area contributed by atoms with Crippen molar-refractivity contribution in [1.29, 1.82) is 0 Å². The monoisotopic (exact) mass is 423 g/mol. The summed E-state index contributed by atoms with van der Waals surface area (Å²) in [6.07, 6.45) is 11.9. The van der Waals surface area contributed by atoms with E-state index in [-0.39, 0.29) is 5.91 Å². The lowest BCUT2D eigenvalue weighted by atomic mass is 9.92. The molecule has 1 aliphatic carbocycles. The molecular weight excluding hydrogens is 398 g/mol. The summed E-state index contributed by atoms with van der Waals surface area (Å²) < 4.78 is 2.35. The number of aromatic nitrogens is 4. The first-order chi connectivity index (χ1) is 15.8. The molecule has 1 saturated carbocycles. The van der Waals surface area contributed by atoms with E-state index in [2.05, 4.69) is 32.7 Å². The van der Waals surface area contributed by atoms with Crippen LogP contribution < -0.4 is 0 Å². The molecule has 0 bridgehead atoms. The van der Waals surface area contributed by atoms with Gasteiger partial charge in [-0.2, -0.15) is 0 Å². The van der Waals surface area contributed by atoms with Crippen LogP contribution in [0.2, 0.25) is 0 Å². The summed E-state index contributed by atoms with van der Waals surface area (Å²) in [5.41, 5.74) is 4.91. The molecule has 1 aliphatic heterocycles. The molecule has 1 aromatic carbocycles. The first kappa shape index (κ1) is 19.2. The summed E-state index contributed by atoms with van der Waals surface area (Å²) in [5.74, 6) is 1.38. The maximum Gasteiger partial charge on any atom is 0.253 e. The van der Waals surface area contributed by atoms with Crippen molar-refractivity contribution in [2.45, 2.75) is 37.6 Å². The standard InChI is InChI=1S/C26H25N5O/c32-26(30-13-10-21(17-30)19-4-2-11-27-15-19)18-8-9-24-23(14-18)29-25(20-5-3-12-28-16-20)31(24)22-6-1-7-22/h2-5,8-9,11-12,14-16,21-22H,1,6-7,10,13,17H2. The summed E-state index contributed by atoms with van der Waals surface area (Å²) in [4.78, 5) is 28.7. The fraction of sp³-hybridized carbons (Fsp3) is 0.308. The number of imidazole rings is 1. The van der Waals surface area contributed by atoms with Gasteiger partial charge in [-0.3, -0.25) is 14.8 Å². The Hall–Kier alpha value is -3.54. The van der Waals surface area contributed by atoms with Crippen molar-refractivity contribution in [3.8, 4) is 11.4 Å². The van der Waals surface area contributed by atoms with Gasteiger partial charge >= 0.3 is 0 Å². The van der Waals surface area contributed by atoms with Gasteiger partial charge < -0.3 is 9.47 Å². The minimum absolute atomic E-state index is 0.0828. The average molecular weight is 424 g/mol. The summed E-state index contributed by atoms with van der Waals surface area (Å²) in [6.45, 7) is 1.51. The molecule has 2 fully saturated rings. The maximum absolute atomic E-state index is 13.3. The molecule has 0 spiro atoms. The molecule has 4 heterocycles. The number of fused-ring (bicyclic) bond motifs is 1. The molecule has 32 heavy (non-hydrogen) atoms. The maximum atomic E-state index is 13.3. The average Bonchev–Trinajstić information content (AvgIpc) is 3.44. The first-order valence-corrected chi connectivity index (χ1v) is 11.4. The van der Waals surface area contributed by atoms with Crippen molar-refractivity contribution < 1.29 is 4.79 Å². The molecule has 6 nitrogen and oxygen atoms in total. The van der Waals surface area contributed by atoms with Crippen molar-refractivity contribution in [1.82, 2.24) is 24.4 Å². The number of pyridine rings is 2. The fourth-order valence-electron chi connectivity index (χ4n) is 4.96. The number of carbonyl (C=O) groups excluding carboxylic acids is 1. The van der Waals surface area contributed by atoms with Gasteiger partial charge in [-0.05, 0) is 67.6 Å². The Morgan fingerprint density at radius 3 is 2.53 bits per heavy atom. The van der Waals surface area contributed by atoms with Gasteiger partial charge in [0.2, 0.25) is 0 Å². The third-order valence-electron chi connectivity index (χ3n) is 6.93. The summed E-state index contributed by atoms with van der Waals surface area (Å²) >= 11 is 0. The fourth-order valence-corrected chi connectivity index (χ4v) is 4.96. The summed E-state index contributed by atoms with van der Waals surface area (Å²) in [6, 6.07) is 14.5. The SMILES string of the molecule is O=C(c1ccc2c(c1)nc(-c1cccnc1)n2C1CCC1)N1CCC(c2cccnc2)C1. The van der Waals surface area contributed by atoms with Crippen LogP contribution in [-0.4, -0.2) is 43.4 Å². The molecule has 3 aromatic heterocycles. The highest BCUT2D eigenvalue weighted by atomic mass is 16.2. The third kappa shape index (κ3) is 3.27. The van der Waals surface area contributed by atoms with Crippen LogP contribution in [0.4, 0.5) is 0 Å².